The van der Waals surface area contributed by atoms with Gasteiger partial charge in [0.15, 0.2) is 0 Å². The maximum atomic E-state index is 5.90. The highest BCUT2D eigenvalue weighted by molar-refractivity contribution is 6.30. The standard InChI is InChI=1S/C24H26ClNO/c1-2-3-4-19-7-13-23(14-8-19)26-17-20-9-15-24(16-10-20)27-18-21-5-11-22(25)12-6-21/h5-16,26H,2-4,17-18H2,1H3. The van der Waals surface area contributed by atoms with Crippen molar-refractivity contribution in [2.24, 2.45) is 0 Å². The van der Waals surface area contributed by atoms with Gasteiger partial charge in [0.05, 0.1) is 0 Å². The van der Waals surface area contributed by atoms with Crippen molar-refractivity contribution < 1.29 is 4.74 Å². The van der Waals surface area contributed by atoms with Crippen LogP contribution in [-0.2, 0) is 19.6 Å². The summed E-state index contributed by atoms with van der Waals surface area (Å²) in [6, 6.07) is 24.7. The first kappa shape index (κ1) is 19.3. The van der Waals surface area contributed by atoms with Crippen molar-refractivity contribution in [3.8, 4) is 5.75 Å². The number of anilines is 1. The molecule has 0 amide bonds. The second-order valence-electron chi connectivity index (χ2n) is 6.71. The molecule has 0 aliphatic heterocycles. The molecule has 0 aliphatic carbocycles. The molecule has 0 heterocycles. The first-order valence-corrected chi connectivity index (χ1v) is 9.90. The van der Waals surface area contributed by atoms with Gasteiger partial charge in [0.2, 0.25) is 0 Å². The summed E-state index contributed by atoms with van der Waals surface area (Å²) in [6.07, 6.45) is 3.65. The zero-order valence-corrected chi connectivity index (χ0v) is 16.5. The van der Waals surface area contributed by atoms with Crippen LogP contribution in [0.4, 0.5) is 5.69 Å². The van der Waals surface area contributed by atoms with Crippen LogP contribution in [0.3, 0.4) is 0 Å². The fraction of sp³-hybridized carbons (Fsp3) is 0.250. The lowest BCUT2D eigenvalue weighted by Crippen LogP contribution is -2.00. The number of hydrogen-bond acceptors (Lipinski definition) is 2. The molecule has 0 bridgehead atoms. The molecule has 0 aliphatic rings. The van der Waals surface area contributed by atoms with Gasteiger partial charge in [-0.1, -0.05) is 61.3 Å². The highest BCUT2D eigenvalue weighted by Crippen LogP contribution is 2.17. The number of hydrogen-bond donors (Lipinski definition) is 1. The highest BCUT2D eigenvalue weighted by Gasteiger charge is 1.99. The first-order chi connectivity index (χ1) is 13.2. The summed E-state index contributed by atoms with van der Waals surface area (Å²) in [5.41, 5.74) is 4.89. The molecule has 0 radical (unpaired) electrons. The molecule has 27 heavy (non-hydrogen) atoms. The molecule has 3 heteroatoms. The van der Waals surface area contributed by atoms with E-state index < -0.39 is 0 Å². The molecule has 0 saturated carbocycles. The van der Waals surface area contributed by atoms with Crippen molar-refractivity contribution in [3.63, 3.8) is 0 Å². The quantitative estimate of drug-likeness (QED) is 0.437. The number of ether oxygens (including phenoxy) is 1. The molecule has 3 aromatic rings. The van der Waals surface area contributed by atoms with Gasteiger partial charge in [0, 0.05) is 17.3 Å². The summed E-state index contributed by atoms with van der Waals surface area (Å²) in [5.74, 6) is 0.869. The third-order valence-corrected chi connectivity index (χ3v) is 4.76. The van der Waals surface area contributed by atoms with Gasteiger partial charge in [-0.05, 0) is 65.9 Å². The first-order valence-electron chi connectivity index (χ1n) is 9.52. The molecule has 0 saturated heterocycles. The molecule has 140 valence electrons. The zero-order chi connectivity index (χ0) is 18.9. The van der Waals surface area contributed by atoms with Gasteiger partial charge in [-0.3, -0.25) is 0 Å². The largest absolute Gasteiger partial charge is 0.489 e. The van der Waals surface area contributed by atoms with E-state index in [-0.39, 0.29) is 0 Å². The lowest BCUT2D eigenvalue weighted by Gasteiger charge is -2.10. The molecular weight excluding hydrogens is 354 g/mol. The number of nitrogens with one attached hydrogen (secondary N) is 1. The molecule has 1 N–H and O–H groups in total. The van der Waals surface area contributed by atoms with Crippen molar-refractivity contribution in [2.75, 3.05) is 5.32 Å². The Morgan fingerprint density at radius 2 is 1.41 bits per heavy atom. The lowest BCUT2D eigenvalue weighted by atomic mass is 10.1. The average molecular weight is 380 g/mol. The molecule has 0 aromatic heterocycles. The highest BCUT2D eigenvalue weighted by atomic mass is 35.5. The minimum atomic E-state index is 0.541. The van der Waals surface area contributed by atoms with Crippen molar-refractivity contribution in [1.29, 1.82) is 0 Å². The summed E-state index contributed by atoms with van der Waals surface area (Å²) in [5, 5.41) is 4.22. The number of rotatable bonds is 9. The topological polar surface area (TPSA) is 21.3 Å². The second kappa shape index (κ2) is 10.0. The van der Waals surface area contributed by atoms with Gasteiger partial charge in [-0.15, -0.1) is 0 Å². The Morgan fingerprint density at radius 1 is 0.778 bits per heavy atom. The molecule has 3 aromatic carbocycles. The normalized spacial score (nSPS) is 10.6. The predicted octanol–water partition coefficient (Wildman–Crippen LogP) is 6.87. The van der Waals surface area contributed by atoms with Gasteiger partial charge < -0.3 is 10.1 Å². The summed E-state index contributed by atoms with van der Waals surface area (Å²) in [4.78, 5) is 0. The van der Waals surface area contributed by atoms with Crippen LogP contribution in [0.2, 0.25) is 5.02 Å². The molecular formula is C24H26ClNO. The fourth-order valence-electron chi connectivity index (χ4n) is 2.83. The van der Waals surface area contributed by atoms with Gasteiger partial charge >= 0.3 is 0 Å². The van der Waals surface area contributed by atoms with Crippen molar-refractivity contribution in [1.82, 2.24) is 0 Å². The Morgan fingerprint density at radius 3 is 2.07 bits per heavy atom. The Balaban J connectivity index is 1.46. The van der Waals surface area contributed by atoms with E-state index in [2.05, 4.69) is 48.6 Å². The van der Waals surface area contributed by atoms with E-state index in [1.807, 2.05) is 36.4 Å². The van der Waals surface area contributed by atoms with Crippen molar-refractivity contribution >= 4 is 17.3 Å². The summed E-state index contributed by atoms with van der Waals surface area (Å²) in [7, 11) is 0. The SMILES string of the molecule is CCCCc1ccc(NCc2ccc(OCc3ccc(Cl)cc3)cc2)cc1. The van der Waals surface area contributed by atoms with Crippen LogP contribution in [0.15, 0.2) is 72.8 Å². The number of unbranched alkanes of at least 4 members (excludes halogenated alkanes) is 1. The minimum absolute atomic E-state index is 0.541. The minimum Gasteiger partial charge on any atom is -0.489 e. The van der Waals surface area contributed by atoms with E-state index in [1.165, 1.54) is 24.0 Å². The Kier molecular flexibility index (Phi) is 7.18. The van der Waals surface area contributed by atoms with E-state index in [4.69, 9.17) is 16.3 Å². The van der Waals surface area contributed by atoms with E-state index in [9.17, 15) is 0 Å². The van der Waals surface area contributed by atoms with E-state index >= 15 is 0 Å². The lowest BCUT2D eigenvalue weighted by molar-refractivity contribution is 0.306. The summed E-state index contributed by atoms with van der Waals surface area (Å²) in [6.45, 7) is 3.56. The molecule has 0 unspecified atom stereocenters. The molecule has 0 atom stereocenters. The Bertz CT molecular complexity index is 811. The smallest absolute Gasteiger partial charge is 0.119 e. The van der Waals surface area contributed by atoms with E-state index in [1.54, 1.807) is 0 Å². The Hall–Kier alpha value is -2.45. The van der Waals surface area contributed by atoms with E-state index in [0.717, 1.165) is 35.0 Å². The monoisotopic (exact) mass is 379 g/mol. The molecule has 3 rings (SSSR count). The van der Waals surface area contributed by atoms with Gasteiger partial charge in [0.1, 0.15) is 12.4 Å². The number of benzene rings is 3. The zero-order valence-electron chi connectivity index (χ0n) is 15.7. The van der Waals surface area contributed by atoms with Crippen LogP contribution >= 0.6 is 11.6 Å². The van der Waals surface area contributed by atoms with Gasteiger partial charge in [-0.2, -0.15) is 0 Å². The van der Waals surface area contributed by atoms with Crippen molar-refractivity contribution in [2.45, 2.75) is 39.3 Å². The van der Waals surface area contributed by atoms with Crippen LogP contribution in [0.25, 0.3) is 0 Å². The van der Waals surface area contributed by atoms with Crippen LogP contribution < -0.4 is 10.1 Å². The van der Waals surface area contributed by atoms with E-state index in [0.29, 0.717) is 6.61 Å². The van der Waals surface area contributed by atoms with Crippen molar-refractivity contribution in [3.05, 3.63) is 94.5 Å². The third kappa shape index (κ3) is 6.33. The number of halogens is 1. The maximum Gasteiger partial charge on any atom is 0.119 e. The summed E-state index contributed by atoms with van der Waals surface area (Å²) >= 11 is 5.90. The van der Waals surface area contributed by atoms with Crippen LogP contribution in [0.1, 0.15) is 36.5 Å². The molecule has 2 nitrogen and oxygen atoms in total. The number of aryl methyl sites for hydroxylation is 1. The maximum absolute atomic E-state index is 5.90. The average Bonchev–Trinajstić information content (AvgIpc) is 2.72. The van der Waals surface area contributed by atoms with Crippen LogP contribution in [-0.4, -0.2) is 0 Å². The molecule has 0 spiro atoms. The predicted molar refractivity (Wildman–Crippen MR) is 115 cm³/mol. The van der Waals surface area contributed by atoms with Crippen LogP contribution in [0, 0.1) is 0 Å². The Labute approximate surface area is 167 Å². The summed E-state index contributed by atoms with van der Waals surface area (Å²) < 4.78 is 5.83. The van der Waals surface area contributed by atoms with Crippen LogP contribution in [0.5, 0.6) is 5.75 Å². The van der Waals surface area contributed by atoms with Gasteiger partial charge in [-0.25, -0.2) is 0 Å². The third-order valence-electron chi connectivity index (χ3n) is 4.51. The van der Waals surface area contributed by atoms with Gasteiger partial charge in [0.25, 0.3) is 0 Å². The molecule has 0 fully saturated rings. The second-order valence-corrected chi connectivity index (χ2v) is 7.15. The fourth-order valence-corrected chi connectivity index (χ4v) is 2.95.